The first-order valence-electron chi connectivity index (χ1n) is 9.99. The van der Waals surface area contributed by atoms with Gasteiger partial charge in [0, 0.05) is 38.8 Å². The Balaban J connectivity index is 1.45. The average Bonchev–Trinajstić information content (AvgIpc) is 3.14. The summed E-state index contributed by atoms with van der Waals surface area (Å²) in [5.74, 6) is 2.80. The number of aryl methyl sites for hydroxylation is 1. The third kappa shape index (κ3) is 4.25. The Morgan fingerprint density at radius 1 is 1.03 bits per heavy atom. The number of aromatic nitrogens is 1. The van der Waals surface area contributed by atoms with Crippen LogP contribution in [0.4, 0.5) is 5.69 Å². The maximum Gasteiger partial charge on any atom is 0.230 e. The summed E-state index contributed by atoms with van der Waals surface area (Å²) in [7, 11) is 3.26. The molecule has 0 N–H and O–H groups in total. The number of anilines is 1. The molecule has 0 bridgehead atoms. The number of para-hydroxylation sites is 1. The minimum atomic E-state index is 0.566. The molecule has 1 aromatic heterocycles. The summed E-state index contributed by atoms with van der Waals surface area (Å²) in [4.78, 5) is 9.50. The van der Waals surface area contributed by atoms with Crippen molar-refractivity contribution in [3.05, 3.63) is 58.9 Å². The lowest BCUT2D eigenvalue weighted by Gasteiger charge is -2.36. The summed E-state index contributed by atoms with van der Waals surface area (Å²) < 4.78 is 16.8. The standard InChI is InChI=1S/C23H26ClN3O3/c1-16-20(25-23(30-16)18-9-8-17(28-2)14-22(18)29-3)15-26-10-12-27(13-11-26)21-7-5-4-6-19(21)24/h4-9,14H,10-13,15H2,1-3H3. The van der Waals surface area contributed by atoms with Crippen LogP contribution in [0, 0.1) is 6.92 Å². The van der Waals surface area contributed by atoms with Gasteiger partial charge in [-0.25, -0.2) is 4.98 Å². The maximum atomic E-state index is 6.35. The highest BCUT2D eigenvalue weighted by Crippen LogP contribution is 2.34. The number of methoxy groups -OCH3 is 2. The number of hydrogen-bond acceptors (Lipinski definition) is 6. The van der Waals surface area contributed by atoms with E-state index in [0.29, 0.717) is 11.6 Å². The molecule has 158 valence electrons. The number of piperazine rings is 1. The number of halogens is 1. The van der Waals surface area contributed by atoms with Crippen molar-refractivity contribution in [1.29, 1.82) is 0 Å². The average molecular weight is 428 g/mol. The van der Waals surface area contributed by atoms with E-state index in [1.165, 1.54) is 0 Å². The van der Waals surface area contributed by atoms with Crippen molar-refractivity contribution in [2.24, 2.45) is 0 Å². The van der Waals surface area contributed by atoms with Gasteiger partial charge in [0.1, 0.15) is 17.3 Å². The predicted molar refractivity (Wildman–Crippen MR) is 119 cm³/mol. The first-order chi connectivity index (χ1) is 14.6. The molecule has 0 aliphatic carbocycles. The topological polar surface area (TPSA) is 51.0 Å². The van der Waals surface area contributed by atoms with Crippen molar-refractivity contribution in [1.82, 2.24) is 9.88 Å². The number of hydrogen-bond donors (Lipinski definition) is 0. The molecule has 0 unspecified atom stereocenters. The van der Waals surface area contributed by atoms with Gasteiger partial charge < -0.3 is 18.8 Å². The molecule has 0 spiro atoms. The van der Waals surface area contributed by atoms with Crippen LogP contribution in [0.3, 0.4) is 0 Å². The van der Waals surface area contributed by atoms with E-state index in [1.807, 2.05) is 43.3 Å². The Labute approximate surface area is 182 Å². The molecule has 30 heavy (non-hydrogen) atoms. The molecule has 7 heteroatoms. The third-order valence-electron chi connectivity index (χ3n) is 5.47. The smallest absolute Gasteiger partial charge is 0.230 e. The SMILES string of the molecule is COc1ccc(-c2nc(CN3CCN(c4ccccc4Cl)CC3)c(C)o2)c(OC)c1. The van der Waals surface area contributed by atoms with Gasteiger partial charge in [-0.15, -0.1) is 0 Å². The highest BCUT2D eigenvalue weighted by atomic mass is 35.5. The zero-order valence-corrected chi connectivity index (χ0v) is 18.3. The van der Waals surface area contributed by atoms with Crippen molar-refractivity contribution >= 4 is 17.3 Å². The van der Waals surface area contributed by atoms with Crippen LogP contribution in [0.15, 0.2) is 46.9 Å². The molecule has 1 saturated heterocycles. The molecule has 0 radical (unpaired) electrons. The van der Waals surface area contributed by atoms with Gasteiger partial charge >= 0.3 is 0 Å². The minimum Gasteiger partial charge on any atom is -0.497 e. The molecule has 1 aliphatic heterocycles. The van der Waals surface area contributed by atoms with Crippen LogP contribution < -0.4 is 14.4 Å². The van der Waals surface area contributed by atoms with Crippen LogP contribution in [-0.2, 0) is 6.54 Å². The second-order valence-electron chi connectivity index (χ2n) is 7.30. The van der Waals surface area contributed by atoms with E-state index in [0.717, 1.165) is 66.2 Å². The van der Waals surface area contributed by atoms with Crippen LogP contribution in [0.5, 0.6) is 11.5 Å². The molecule has 0 saturated carbocycles. The molecular weight excluding hydrogens is 402 g/mol. The molecule has 3 aromatic rings. The van der Waals surface area contributed by atoms with Crippen molar-refractivity contribution in [3.63, 3.8) is 0 Å². The third-order valence-corrected chi connectivity index (χ3v) is 5.79. The largest absolute Gasteiger partial charge is 0.497 e. The van der Waals surface area contributed by atoms with E-state index in [-0.39, 0.29) is 0 Å². The maximum absolute atomic E-state index is 6.35. The van der Waals surface area contributed by atoms with Gasteiger partial charge in [-0.05, 0) is 31.2 Å². The lowest BCUT2D eigenvalue weighted by atomic mass is 10.2. The zero-order chi connectivity index (χ0) is 21.1. The van der Waals surface area contributed by atoms with Crippen molar-refractivity contribution in [2.45, 2.75) is 13.5 Å². The van der Waals surface area contributed by atoms with Gasteiger partial charge in [0.2, 0.25) is 5.89 Å². The van der Waals surface area contributed by atoms with Gasteiger partial charge in [-0.1, -0.05) is 23.7 Å². The van der Waals surface area contributed by atoms with E-state index in [1.54, 1.807) is 14.2 Å². The summed E-state index contributed by atoms with van der Waals surface area (Å²) in [5, 5.41) is 0.802. The molecule has 2 heterocycles. The molecule has 1 fully saturated rings. The van der Waals surface area contributed by atoms with Crippen molar-refractivity contribution in [3.8, 4) is 23.0 Å². The zero-order valence-electron chi connectivity index (χ0n) is 17.5. The summed E-state index contributed by atoms with van der Waals surface area (Å²) in [6.45, 7) is 6.46. The van der Waals surface area contributed by atoms with Crippen LogP contribution >= 0.6 is 11.6 Å². The van der Waals surface area contributed by atoms with E-state index in [4.69, 9.17) is 30.5 Å². The van der Waals surface area contributed by atoms with E-state index >= 15 is 0 Å². The van der Waals surface area contributed by atoms with Gasteiger partial charge in [-0.2, -0.15) is 0 Å². The van der Waals surface area contributed by atoms with Crippen LogP contribution in [0.2, 0.25) is 5.02 Å². The number of ether oxygens (including phenoxy) is 2. The van der Waals surface area contributed by atoms with Crippen molar-refractivity contribution < 1.29 is 13.9 Å². The van der Waals surface area contributed by atoms with Gasteiger partial charge in [-0.3, -0.25) is 4.90 Å². The van der Waals surface area contributed by atoms with E-state index in [9.17, 15) is 0 Å². The monoisotopic (exact) mass is 427 g/mol. The van der Waals surface area contributed by atoms with Crippen LogP contribution in [-0.4, -0.2) is 50.3 Å². The summed E-state index contributed by atoms with van der Waals surface area (Å²) in [6, 6.07) is 13.6. The Bertz CT molecular complexity index is 1010. The molecule has 2 aromatic carbocycles. The number of rotatable bonds is 6. The van der Waals surface area contributed by atoms with Gasteiger partial charge in [0.15, 0.2) is 0 Å². The Morgan fingerprint density at radius 2 is 1.80 bits per heavy atom. The van der Waals surface area contributed by atoms with E-state index < -0.39 is 0 Å². The second kappa shape index (κ2) is 8.98. The quantitative estimate of drug-likeness (QED) is 0.571. The number of oxazole rings is 1. The normalized spacial score (nSPS) is 14.7. The molecule has 1 aliphatic rings. The lowest BCUT2D eigenvalue weighted by Crippen LogP contribution is -2.46. The highest BCUT2D eigenvalue weighted by Gasteiger charge is 2.22. The molecule has 4 rings (SSSR count). The highest BCUT2D eigenvalue weighted by molar-refractivity contribution is 6.33. The summed E-state index contributed by atoms with van der Waals surface area (Å²) in [6.07, 6.45) is 0. The Kier molecular flexibility index (Phi) is 6.16. The Morgan fingerprint density at radius 3 is 2.50 bits per heavy atom. The molecular formula is C23H26ClN3O3. The fourth-order valence-corrected chi connectivity index (χ4v) is 3.99. The van der Waals surface area contributed by atoms with Gasteiger partial charge in [0.05, 0.1) is 36.2 Å². The summed E-state index contributed by atoms with van der Waals surface area (Å²) in [5.41, 5.74) is 2.87. The fraction of sp³-hybridized carbons (Fsp3) is 0.348. The molecule has 0 atom stereocenters. The minimum absolute atomic E-state index is 0.566. The van der Waals surface area contributed by atoms with Crippen molar-refractivity contribution in [2.75, 3.05) is 45.3 Å². The lowest BCUT2D eigenvalue weighted by molar-refractivity contribution is 0.246. The summed E-state index contributed by atoms with van der Waals surface area (Å²) >= 11 is 6.35. The predicted octanol–water partition coefficient (Wildman–Crippen LogP) is 4.64. The second-order valence-corrected chi connectivity index (χ2v) is 7.71. The first kappa shape index (κ1) is 20.6. The van der Waals surface area contributed by atoms with Crippen LogP contribution in [0.1, 0.15) is 11.5 Å². The number of benzene rings is 2. The molecule has 6 nitrogen and oxygen atoms in total. The Hall–Kier alpha value is -2.70. The fourth-order valence-electron chi connectivity index (χ4n) is 3.73. The van der Waals surface area contributed by atoms with Gasteiger partial charge in [0.25, 0.3) is 0 Å². The van der Waals surface area contributed by atoms with Crippen LogP contribution in [0.25, 0.3) is 11.5 Å². The number of nitrogens with zero attached hydrogens (tertiary/aromatic N) is 3. The first-order valence-corrected chi connectivity index (χ1v) is 10.4. The molecule has 0 amide bonds. The van der Waals surface area contributed by atoms with E-state index in [2.05, 4.69) is 15.9 Å².